The molecule has 8 nitrogen and oxygen atoms in total. The van der Waals surface area contributed by atoms with Crippen molar-refractivity contribution in [2.45, 2.75) is 0 Å². The summed E-state index contributed by atoms with van der Waals surface area (Å²) in [5, 5.41) is 5.54. The molecule has 2 rings (SSSR count). The summed E-state index contributed by atoms with van der Waals surface area (Å²) in [5.41, 5.74) is 0.635. The second kappa shape index (κ2) is 9.96. The lowest BCUT2D eigenvalue weighted by molar-refractivity contribution is 0.0383. The van der Waals surface area contributed by atoms with Gasteiger partial charge in [0.2, 0.25) is 0 Å². The van der Waals surface area contributed by atoms with Crippen molar-refractivity contribution in [3.05, 3.63) is 29.6 Å². The maximum absolute atomic E-state index is 12.2. The van der Waals surface area contributed by atoms with E-state index in [1.807, 2.05) is 0 Å². The molecule has 0 radical (unpaired) electrons. The van der Waals surface area contributed by atoms with Gasteiger partial charge in [-0.15, -0.1) is 0 Å². The Labute approximate surface area is 141 Å². The van der Waals surface area contributed by atoms with Crippen LogP contribution < -0.4 is 10.6 Å². The monoisotopic (exact) mass is 336 g/mol. The van der Waals surface area contributed by atoms with Crippen molar-refractivity contribution in [1.29, 1.82) is 0 Å². The lowest BCUT2D eigenvalue weighted by Gasteiger charge is -2.26. The van der Waals surface area contributed by atoms with Crippen LogP contribution in [0.25, 0.3) is 0 Å². The van der Waals surface area contributed by atoms with Crippen LogP contribution in [0.2, 0.25) is 0 Å². The molecule has 1 aliphatic rings. The maximum Gasteiger partial charge on any atom is 0.269 e. The minimum Gasteiger partial charge on any atom is -0.383 e. The van der Waals surface area contributed by atoms with E-state index < -0.39 is 0 Å². The summed E-state index contributed by atoms with van der Waals surface area (Å²) in [6.45, 7) is 5.40. The minimum atomic E-state index is -0.324. The summed E-state index contributed by atoms with van der Waals surface area (Å²) >= 11 is 0. The normalized spacial score (nSPS) is 15.0. The number of aromatic nitrogens is 1. The average molecular weight is 336 g/mol. The highest BCUT2D eigenvalue weighted by Crippen LogP contribution is 2.02. The van der Waals surface area contributed by atoms with Gasteiger partial charge in [0.15, 0.2) is 0 Å². The number of morpholine rings is 1. The highest BCUT2D eigenvalue weighted by Gasteiger charge is 2.13. The molecule has 1 aromatic rings. The standard InChI is InChI=1S/C16H24N4O4/c1-23-9-5-19-16(22)14-12-13(2-3-17-14)15(21)18-4-6-20-7-10-24-11-8-20/h2-3,12H,4-11H2,1H3,(H,18,21)(H,19,22). The summed E-state index contributed by atoms with van der Waals surface area (Å²) < 4.78 is 10.2. The van der Waals surface area contributed by atoms with Gasteiger partial charge in [-0.3, -0.25) is 19.5 Å². The van der Waals surface area contributed by atoms with E-state index in [1.165, 1.54) is 12.3 Å². The molecule has 2 amide bonds. The van der Waals surface area contributed by atoms with Gasteiger partial charge in [-0.1, -0.05) is 0 Å². The zero-order chi connectivity index (χ0) is 17.2. The number of hydrogen-bond donors (Lipinski definition) is 2. The maximum atomic E-state index is 12.2. The van der Waals surface area contributed by atoms with Crippen LogP contribution in [0, 0.1) is 0 Å². The predicted octanol–water partition coefficient (Wildman–Crippen LogP) is -0.480. The Kier molecular flexibility index (Phi) is 7.60. The van der Waals surface area contributed by atoms with E-state index in [0.717, 1.165) is 32.8 Å². The molecule has 1 aliphatic heterocycles. The summed E-state index contributed by atoms with van der Waals surface area (Å²) in [7, 11) is 1.56. The number of rotatable bonds is 8. The zero-order valence-corrected chi connectivity index (χ0v) is 13.9. The molecule has 2 N–H and O–H groups in total. The molecule has 1 aromatic heterocycles. The van der Waals surface area contributed by atoms with Crippen LogP contribution in [0.3, 0.4) is 0 Å². The lowest BCUT2D eigenvalue weighted by Crippen LogP contribution is -2.41. The van der Waals surface area contributed by atoms with Gasteiger partial charge >= 0.3 is 0 Å². The summed E-state index contributed by atoms with van der Waals surface area (Å²) in [5.74, 6) is -0.536. The highest BCUT2D eigenvalue weighted by atomic mass is 16.5. The molecule has 2 heterocycles. The molecule has 0 unspecified atom stereocenters. The third kappa shape index (κ3) is 5.88. The van der Waals surface area contributed by atoms with Crippen LogP contribution in [-0.2, 0) is 9.47 Å². The third-order valence-corrected chi connectivity index (χ3v) is 3.66. The Balaban J connectivity index is 1.80. The molecular weight excluding hydrogens is 312 g/mol. The molecule has 132 valence electrons. The molecular formula is C16H24N4O4. The van der Waals surface area contributed by atoms with Crippen LogP contribution in [-0.4, -0.2) is 81.4 Å². The van der Waals surface area contributed by atoms with Gasteiger partial charge in [0.05, 0.1) is 19.8 Å². The second-order valence-corrected chi connectivity index (χ2v) is 5.39. The predicted molar refractivity (Wildman–Crippen MR) is 88.0 cm³/mol. The first-order valence-corrected chi connectivity index (χ1v) is 8.02. The Hall–Kier alpha value is -2.03. The van der Waals surface area contributed by atoms with Gasteiger partial charge < -0.3 is 20.1 Å². The molecule has 1 fully saturated rings. The highest BCUT2D eigenvalue weighted by molar-refractivity contribution is 5.98. The Morgan fingerprint density at radius 2 is 2.00 bits per heavy atom. The number of carbonyl (C=O) groups is 2. The number of pyridine rings is 1. The average Bonchev–Trinajstić information content (AvgIpc) is 2.63. The molecule has 0 atom stereocenters. The minimum absolute atomic E-state index is 0.211. The molecule has 0 bridgehead atoms. The van der Waals surface area contributed by atoms with Crippen LogP contribution in [0.1, 0.15) is 20.8 Å². The van der Waals surface area contributed by atoms with Crippen LogP contribution >= 0.6 is 0 Å². The van der Waals surface area contributed by atoms with Gasteiger partial charge in [-0.25, -0.2) is 0 Å². The van der Waals surface area contributed by atoms with Crippen molar-refractivity contribution in [2.24, 2.45) is 0 Å². The SMILES string of the molecule is COCCNC(=O)c1cc(C(=O)NCCN2CCOCC2)ccn1. The van der Waals surface area contributed by atoms with Crippen molar-refractivity contribution in [1.82, 2.24) is 20.5 Å². The van der Waals surface area contributed by atoms with Gasteiger partial charge in [0.1, 0.15) is 5.69 Å². The number of hydrogen-bond acceptors (Lipinski definition) is 6. The van der Waals surface area contributed by atoms with Gasteiger partial charge in [0.25, 0.3) is 11.8 Å². The third-order valence-electron chi connectivity index (χ3n) is 3.66. The van der Waals surface area contributed by atoms with Crippen molar-refractivity contribution < 1.29 is 19.1 Å². The summed E-state index contributed by atoms with van der Waals surface area (Å²) in [6.07, 6.45) is 1.46. The molecule has 0 aromatic carbocycles. The van der Waals surface area contributed by atoms with Gasteiger partial charge in [0, 0.05) is 51.6 Å². The Morgan fingerprint density at radius 1 is 1.25 bits per heavy atom. The zero-order valence-electron chi connectivity index (χ0n) is 13.9. The second-order valence-electron chi connectivity index (χ2n) is 5.39. The number of nitrogens with one attached hydrogen (secondary N) is 2. The van der Waals surface area contributed by atoms with E-state index in [-0.39, 0.29) is 17.5 Å². The Bertz CT molecular complexity index is 547. The fourth-order valence-electron chi connectivity index (χ4n) is 2.31. The van der Waals surface area contributed by atoms with E-state index in [4.69, 9.17) is 9.47 Å². The summed E-state index contributed by atoms with van der Waals surface area (Å²) in [4.78, 5) is 30.4. The fourth-order valence-corrected chi connectivity index (χ4v) is 2.31. The van der Waals surface area contributed by atoms with Crippen LogP contribution in [0.15, 0.2) is 18.3 Å². The number of nitrogens with zero attached hydrogens (tertiary/aromatic N) is 2. The molecule has 8 heteroatoms. The van der Waals surface area contributed by atoms with E-state index in [9.17, 15) is 9.59 Å². The quantitative estimate of drug-likeness (QED) is 0.623. The number of methoxy groups -OCH3 is 1. The van der Waals surface area contributed by atoms with Gasteiger partial charge in [-0.05, 0) is 12.1 Å². The molecule has 0 aliphatic carbocycles. The topological polar surface area (TPSA) is 92.8 Å². The first-order chi connectivity index (χ1) is 11.7. The van der Waals surface area contributed by atoms with E-state index in [2.05, 4.69) is 20.5 Å². The number of carbonyl (C=O) groups excluding carboxylic acids is 2. The van der Waals surface area contributed by atoms with Crippen LogP contribution in [0.5, 0.6) is 0 Å². The smallest absolute Gasteiger partial charge is 0.269 e. The van der Waals surface area contributed by atoms with Crippen molar-refractivity contribution in [3.8, 4) is 0 Å². The fraction of sp³-hybridized carbons (Fsp3) is 0.562. The molecule has 24 heavy (non-hydrogen) atoms. The van der Waals surface area contributed by atoms with Gasteiger partial charge in [-0.2, -0.15) is 0 Å². The molecule has 0 saturated carbocycles. The van der Waals surface area contributed by atoms with E-state index in [0.29, 0.717) is 25.3 Å². The molecule has 1 saturated heterocycles. The van der Waals surface area contributed by atoms with Crippen molar-refractivity contribution >= 4 is 11.8 Å². The van der Waals surface area contributed by atoms with Crippen molar-refractivity contribution in [3.63, 3.8) is 0 Å². The number of amides is 2. The Morgan fingerprint density at radius 3 is 2.75 bits per heavy atom. The van der Waals surface area contributed by atoms with E-state index >= 15 is 0 Å². The first-order valence-electron chi connectivity index (χ1n) is 8.02. The summed E-state index contributed by atoms with van der Waals surface area (Å²) in [6, 6.07) is 3.09. The molecule has 0 spiro atoms. The van der Waals surface area contributed by atoms with Crippen LogP contribution in [0.4, 0.5) is 0 Å². The lowest BCUT2D eigenvalue weighted by atomic mass is 10.2. The first kappa shape index (κ1) is 18.3. The van der Waals surface area contributed by atoms with E-state index in [1.54, 1.807) is 13.2 Å². The number of ether oxygens (including phenoxy) is 2. The largest absolute Gasteiger partial charge is 0.383 e. The van der Waals surface area contributed by atoms with Crippen molar-refractivity contribution in [2.75, 3.05) is 59.7 Å².